The fourth-order valence-electron chi connectivity index (χ4n) is 11.3. The molecule has 0 aliphatic rings. The predicted molar refractivity (Wildman–Crippen MR) is 292 cm³/mol. The Labute approximate surface area is 401 Å². The summed E-state index contributed by atoms with van der Waals surface area (Å²) in [6, 6.07) is 85.3. The van der Waals surface area contributed by atoms with Crippen LogP contribution in [-0.4, -0.2) is 24.1 Å². The Bertz CT molecular complexity index is 4660. The second kappa shape index (κ2) is 15.0. The van der Waals surface area contributed by atoms with Crippen LogP contribution in [-0.2, 0) is 0 Å². The van der Waals surface area contributed by atoms with E-state index in [9.17, 15) is 0 Å². The highest BCUT2D eigenvalue weighted by atomic mass is 15.1. The van der Waals surface area contributed by atoms with Crippen molar-refractivity contribution in [2.24, 2.45) is 0 Å². The number of hydrogen-bond acceptors (Lipinski definition) is 3. The summed E-state index contributed by atoms with van der Waals surface area (Å²) in [6.45, 7) is 0. The highest BCUT2D eigenvalue weighted by Crippen LogP contribution is 2.42. The smallest absolute Gasteiger partial charge is 0.166 e. The Morgan fingerprint density at radius 2 is 0.814 bits per heavy atom. The van der Waals surface area contributed by atoms with Gasteiger partial charge >= 0.3 is 0 Å². The lowest BCUT2D eigenvalue weighted by atomic mass is 9.96. The van der Waals surface area contributed by atoms with Crippen LogP contribution in [0.25, 0.3) is 143 Å². The average Bonchev–Trinajstić information content (AvgIpc) is 3.94. The van der Waals surface area contributed by atoms with Gasteiger partial charge in [-0.15, -0.1) is 0 Å². The van der Waals surface area contributed by atoms with Crippen LogP contribution < -0.4 is 0 Å². The molecule has 0 bridgehead atoms. The minimum atomic E-state index is 0.608. The van der Waals surface area contributed by atoms with Gasteiger partial charge in [0, 0.05) is 43.9 Å². The second-order valence-corrected chi connectivity index (χ2v) is 18.4. The molecule has 0 spiro atoms. The maximum atomic E-state index is 5.50. The van der Waals surface area contributed by atoms with Crippen molar-refractivity contribution < 1.29 is 0 Å². The van der Waals surface area contributed by atoms with Gasteiger partial charge in [0.05, 0.1) is 27.8 Å². The molecule has 0 aliphatic heterocycles. The van der Waals surface area contributed by atoms with E-state index >= 15 is 0 Å². The minimum Gasteiger partial charge on any atom is -0.309 e. The van der Waals surface area contributed by atoms with Crippen LogP contribution >= 0.6 is 0 Å². The molecule has 0 atom stereocenters. The fourth-order valence-corrected chi connectivity index (χ4v) is 11.3. The fraction of sp³-hybridized carbons (Fsp3) is 0. The molecular formula is C65H39N5. The average molecular weight is 890 g/mol. The molecule has 324 valence electrons. The van der Waals surface area contributed by atoms with Crippen molar-refractivity contribution in [1.82, 2.24) is 24.1 Å². The molecule has 0 radical (unpaired) electrons. The highest BCUT2D eigenvalue weighted by molar-refractivity contribution is 6.22. The summed E-state index contributed by atoms with van der Waals surface area (Å²) in [5.41, 5.74) is 9.56. The van der Waals surface area contributed by atoms with E-state index in [-0.39, 0.29) is 0 Å². The summed E-state index contributed by atoms with van der Waals surface area (Å²) in [4.78, 5) is 16.2. The number of rotatable bonds is 5. The largest absolute Gasteiger partial charge is 0.309 e. The lowest BCUT2D eigenvalue weighted by Gasteiger charge is -2.17. The Kier molecular flexibility index (Phi) is 8.29. The van der Waals surface area contributed by atoms with E-state index in [1.165, 1.54) is 59.5 Å². The van der Waals surface area contributed by atoms with Gasteiger partial charge in [0.15, 0.2) is 17.5 Å². The van der Waals surface area contributed by atoms with Gasteiger partial charge in [-0.3, -0.25) is 0 Å². The molecule has 15 rings (SSSR count). The first kappa shape index (κ1) is 38.6. The van der Waals surface area contributed by atoms with Crippen LogP contribution in [0.1, 0.15) is 0 Å². The first-order chi connectivity index (χ1) is 34.7. The molecule has 5 heteroatoms. The topological polar surface area (TPSA) is 48.5 Å². The summed E-state index contributed by atoms with van der Waals surface area (Å²) in [7, 11) is 0. The SMILES string of the molecule is c1ccc(-c2nc(-c3cc4ccccc4cc3-n3c4ccccc4c4cc5cc(-n6c7ccccc7c7c8ccccc8ccc76)ccc5cc43)nc(-c3cc4ccccc4c4ccccc34)n2)cc1. The molecule has 15 aromatic rings. The van der Waals surface area contributed by atoms with Crippen molar-refractivity contribution in [2.45, 2.75) is 0 Å². The molecule has 0 saturated heterocycles. The third-order valence-corrected chi connectivity index (χ3v) is 14.5. The maximum absolute atomic E-state index is 5.50. The van der Waals surface area contributed by atoms with Gasteiger partial charge < -0.3 is 9.13 Å². The van der Waals surface area contributed by atoms with Crippen molar-refractivity contribution in [2.75, 3.05) is 0 Å². The zero-order chi connectivity index (χ0) is 45.9. The number of hydrogen-bond donors (Lipinski definition) is 0. The van der Waals surface area contributed by atoms with E-state index in [2.05, 4.69) is 228 Å². The Morgan fingerprint density at radius 1 is 0.257 bits per heavy atom. The second-order valence-electron chi connectivity index (χ2n) is 18.4. The predicted octanol–water partition coefficient (Wildman–Crippen LogP) is 16.8. The van der Waals surface area contributed by atoms with Gasteiger partial charge in [-0.05, 0) is 115 Å². The van der Waals surface area contributed by atoms with Crippen LogP contribution in [0.4, 0.5) is 0 Å². The molecule has 12 aromatic carbocycles. The van der Waals surface area contributed by atoms with Crippen molar-refractivity contribution in [1.29, 1.82) is 0 Å². The highest BCUT2D eigenvalue weighted by Gasteiger charge is 2.23. The number of benzene rings is 12. The van der Waals surface area contributed by atoms with Crippen LogP contribution in [0.2, 0.25) is 0 Å². The van der Waals surface area contributed by atoms with Gasteiger partial charge in [0.2, 0.25) is 0 Å². The molecular weight excluding hydrogens is 851 g/mol. The first-order valence-corrected chi connectivity index (χ1v) is 23.8. The standard InChI is InChI=1S/C65H39N5/c1-2-17-41(18-3-1)63-66-64(55-36-45-21-7-8-22-48(45)50-24-10-11-25-51(50)55)68-65(67-63)56-35-42-19-4-5-20-43(42)38-61(56)70-57-28-14-12-26-52(57)54-37-46-34-47(32-30-44(46)39-60(54)70)69-58-29-15-13-27-53(58)62-49-23-9-6-16-40(49)31-33-59(62)69/h1-39H. The van der Waals surface area contributed by atoms with Crippen molar-refractivity contribution in [3.8, 4) is 45.5 Å². The summed E-state index contributed by atoms with van der Waals surface area (Å²) >= 11 is 0. The summed E-state index contributed by atoms with van der Waals surface area (Å²) < 4.78 is 4.85. The first-order valence-electron chi connectivity index (χ1n) is 23.8. The van der Waals surface area contributed by atoms with E-state index in [1.54, 1.807) is 0 Å². The molecule has 0 amide bonds. The van der Waals surface area contributed by atoms with Crippen molar-refractivity contribution in [3.05, 3.63) is 237 Å². The van der Waals surface area contributed by atoms with E-state index in [0.717, 1.165) is 66.0 Å². The summed E-state index contributed by atoms with van der Waals surface area (Å²) in [5, 5.41) is 16.6. The zero-order valence-corrected chi connectivity index (χ0v) is 37.8. The monoisotopic (exact) mass is 889 g/mol. The van der Waals surface area contributed by atoms with Crippen molar-refractivity contribution in [3.63, 3.8) is 0 Å². The molecule has 0 saturated carbocycles. The molecule has 3 aromatic heterocycles. The van der Waals surface area contributed by atoms with Crippen molar-refractivity contribution >= 4 is 97.5 Å². The zero-order valence-electron chi connectivity index (χ0n) is 37.8. The molecule has 0 fully saturated rings. The molecule has 0 aliphatic carbocycles. The quantitative estimate of drug-likeness (QED) is 0.162. The van der Waals surface area contributed by atoms with E-state index in [4.69, 9.17) is 15.0 Å². The summed E-state index contributed by atoms with van der Waals surface area (Å²) in [6.07, 6.45) is 0. The number of nitrogens with zero attached hydrogens (tertiary/aromatic N) is 5. The summed E-state index contributed by atoms with van der Waals surface area (Å²) in [5.74, 6) is 1.86. The third-order valence-electron chi connectivity index (χ3n) is 14.5. The lowest BCUT2D eigenvalue weighted by molar-refractivity contribution is 1.07. The van der Waals surface area contributed by atoms with E-state index in [0.29, 0.717) is 17.5 Å². The van der Waals surface area contributed by atoms with Crippen LogP contribution in [0.3, 0.4) is 0 Å². The van der Waals surface area contributed by atoms with Crippen LogP contribution in [0.5, 0.6) is 0 Å². The number of fused-ring (bicyclic) bond motifs is 13. The molecule has 70 heavy (non-hydrogen) atoms. The molecule has 3 heterocycles. The number of aromatic nitrogens is 5. The van der Waals surface area contributed by atoms with Gasteiger partial charge in [0.1, 0.15) is 0 Å². The van der Waals surface area contributed by atoms with E-state index in [1.807, 2.05) is 18.2 Å². The Hall–Kier alpha value is -9.45. The lowest BCUT2D eigenvalue weighted by Crippen LogP contribution is -2.04. The van der Waals surface area contributed by atoms with Crippen LogP contribution in [0, 0.1) is 0 Å². The Balaban J connectivity index is 0.981. The molecule has 5 nitrogen and oxygen atoms in total. The van der Waals surface area contributed by atoms with Crippen LogP contribution in [0.15, 0.2) is 237 Å². The number of para-hydroxylation sites is 2. The van der Waals surface area contributed by atoms with Gasteiger partial charge in [-0.1, -0.05) is 176 Å². The third kappa shape index (κ3) is 5.82. The molecule has 0 N–H and O–H groups in total. The normalized spacial score (nSPS) is 12.0. The minimum absolute atomic E-state index is 0.608. The maximum Gasteiger partial charge on any atom is 0.166 e. The Morgan fingerprint density at radius 3 is 1.61 bits per heavy atom. The van der Waals surface area contributed by atoms with E-state index < -0.39 is 0 Å². The van der Waals surface area contributed by atoms with Gasteiger partial charge in [0.25, 0.3) is 0 Å². The van der Waals surface area contributed by atoms with Gasteiger partial charge in [-0.25, -0.2) is 15.0 Å². The van der Waals surface area contributed by atoms with Gasteiger partial charge in [-0.2, -0.15) is 0 Å². The molecule has 0 unspecified atom stereocenters.